The molecular formula is C21H25N3O2. The highest BCUT2D eigenvalue weighted by atomic mass is 16.2. The molecule has 26 heavy (non-hydrogen) atoms. The first-order valence-electron chi connectivity index (χ1n) is 9.02. The molecule has 0 unspecified atom stereocenters. The summed E-state index contributed by atoms with van der Waals surface area (Å²) in [7, 11) is 0. The lowest BCUT2D eigenvalue weighted by molar-refractivity contribution is -0.131. The zero-order valence-corrected chi connectivity index (χ0v) is 15.1. The van der Waals surface area contributed by atoms with Crippen molar-refractivity contribution in [1.82, 2.24) is 15.1 Å². The molecule has 0 aliphatic carbocycles. The second kappa shape index (κ2) is 8.52. The van der Waals surface area contributed by atoms with Crippen molar-refractivity contribution in [2.45, 2.75) is 19.9 Å². The molecule has 5 nitrogen and oxygen atoms in total. The molecule has 1 aliphatic rings. The lowest BCUT2D eigenvalue weighted by atomic mass is 10.1. The lowest BCUT2D eigenvalue weighted by Crippen LogP contribution is -2.53. The summed E-state index contributed by atoms with van der Waals surface area (Å²) in [5.41, 5.74) is 3.30. The van der Waals surface area contributed by atoms with Gasteiger partial charge in [0.15, 0.2) is 0 Å². The van der Waals surface area contributed by atoms with Gasteiger partial charge in [-0.25, -0.2) is 4.79 Å². The Morgan fingerprint density at radius 2 is 1.46 bits per heavy atom. The Kier molecular flexibility index (Phi) is 5.89. The Balaban J connectivity index is 1.43. The van der Waals surface area contributed by atoms with Crippen LogP contribution in [0.5, 0.6) is 0 Å². The average Bonchev–Trinajstić information content (AvgIpc) is 2.69. The van der Waals surface area contributed by atoms with Crippen LogP contribution in [0, 0.1) is 6.92 Å². The van der Waals surface area contributed by atoms with Crippen molar-refractivity contribution in [2.75, 3.05) is 26.2 Å². The quantitative estimate of drug-likeness (QED) is 0.920. The molecule has 0 spiro atoms. The minimum absolute atomic E-state index is 0.0699. The molecule has 1 N–H and O–H groups in total. The number of nitrogens with zero attached hydrogens (tertiary/aromatic N) is 2. The van der Waals surface area contributed by atoms with E-state index >= 15 is 0 Å². The van der Waals surface area contributed by atoms with Crippen molar-refractivity contribution in [3.8, 4) is 0 Å². The Hall–Kier alpha value is -2.82. The normalized spacial score (nSPS) is 14.2. The predicted octanol–water partition coefficient (Wildman–Crippen LogP) is 2.59. The number of urea groups is 1. The molecule has 0 atom stereocenters. The van der Waals surface area contributed by atoms with Crippen LogP contribution in [0.15, 0.2) is 54.6 Å². The highest BCUT2D eigenvalue weighted by molar-refractivity contribution is 5.79. The van der Waals surface area contributed by atoms with Gasteiger partial charge in [-0.2, -0.15) is 0 Å². The predicted molar refractivity (Wildman–Crippen MR) is 102 cm³/mol. The molecule has 2 aromatic carbocycles. The summed E-state index contributed by atoms with van der Waals surface area (Å²) >= 11 is 0. The van der Waals surface area contributed by atoms with Crippen LogP contribution in [0.25, 0.3) is 0 Å². The van der Waals surface area contributed by atoms with Crippen LogP contribution < -0.4 is 5.32 Å². The van der Waals surface area contributed by atoms with Gasteiger partial charge >= 0.3 is 6.03 Å². The van der Waals surface area contributed by atoms with E-state index in [-0.39, 0.29) is 11.9 Å². The van der Waals surface area contributed by atoms with Crippen LogP contribution >= 0.6 is 0 Å². The van der Waals surface area contributed by atoms with Gasteiger partial charge in [0.1, 0.15) is 0 Å². The molecule has 0 bridgehead atoms. The summed E-state index contributed by atoms with van der Waals surface area (Å²) in [5, 5.41) is 2.94. The second-order valence-electron chi connectivity index (χ2n) is 6.67. The number of rotatable bonds is 4. The van der Waals surface area contributed by atoms with Crippen molar-refractivity contribution >= 4 is 11.9 Å². The lowest BCUT2D eigenvalue weighted by Gasteiger charge is -2.34. The topological polar surface area (TPSA) is 52.7 Å². The monoisotopic (exact) mass is 351 g/mol. The molecule has 136 valence electrons. The van der Waals surface area contributed by atoms with Gasteiger partial charge in [-0.05, 0) is 18.1 Å². The highest BCUT2D eigenvalue weighted by Gasteiger charge is 2.23. The molecule has 1 saturated heterocycles. The van der Waals surface area contributed by atoms with E-state index in [0.717, 1.165) is 11.1 Å². The minimum atomic E-state index is -0.0699. The molecule has 0 saturated carbocycles. The molecule has 0 radical (unpaired) electrons. The van der Waals surface area contributed by atoms with Gasteiger partial charge in [0.05, 0.1) is 6.42 Å². The van der Waals surface area contributed by atoms with Gasteiger partial charge in [-0.1, -0.05) is 60.2 Å². The van der Waals surface area contributed by atoms with Gasteiger partial charge in [0, 0.05) is 32.7 Å². The minimum Gasteiger partial charge on any atom is -0.339 e. The zero-order valence-electron chi connectivity index (χ0n) is 15.1. The first-order valence-corrected chi connectivity index (χ1v) is 9.02. The fourth-order valence-electron chi connectivity index (χ4n) is 3.04. The van der Waals surface area contributed by atoms with E-state index in [4.69, 9.17) is 0 Å². The fourth-order valence-corrected chi connectivity index (χ4v) is 3.04. The van der Waals surface area contributed by atoms with Crippen molar-refractivity contribution < 1.29 is 9.59 Å². The molecule has 3 rings (SSSR count). The van der Waals surface area contributed by atoms with Crippen molar-refractivity contribution in [1.29, 1.82) is 0 Å². The van der Waals surface area contributed by atoms with E-state index in [2.05, 4.69) is 5.32 Å². The average molecular weight is 351 g/mol. The molecule has 1 fully saturated rings. The summed E-state index contributed by atoms with van der Waals surface area (Å²) in [6.45, 7) is 4.87. The van der Waals surface area contributed by atoms with Gasteiger partial charge in [-0.15, -0.1) is 0 Å². The van der Waals surface area contributed by atoms with Crippen LogP contribution in [-0.2, 0) is 17.8 Å². The standard InChI is InChI=1S/C21H25N3O2/c1-17-7-9-18(10-8-17)15-20(25)23-11-13-24(14-12-23)21(26)22-16-19-5-3-2-4-6-19/h2-10H,11-16H2,1H3,(H,22,26). The molecule has 0 aromatic heterocycles. The van der Waals surface area contributed by atoms with Crippen LogP contribution in [0.1, 0.15) is 16.7 Å². The van der Waals surface area contributed by atoms with Crippen molar-refractivity contribution in [3.05, 3.63) is 71.3 Å². The van der Waals surface area contributed by atoms with Gasteiger partial charge in [0.25, 0.3) is 0 Å². The van der Waals surface area contributed by atoms with E-state index in [1.807, 2.05) is 66.4 Å². The van der Waals surface area contributed by atoms with Gasteiger partial charge in [0.2, 0.25) is 5.91 Å². The third kappa shape index (κ3) is 4.85. The Labute approximate surface area is 154 Å². The van der Waals surface area contributed by atoms with E-state index < -0.39 is 0 Å². The van der Waals surface area contributed by atoms with E-state index in [1.165, 1.54) is 5.56 Å². The van der Waals surface area contributed by atoms with Crippen molar-refractivity contribution in [2.24, 2.45) is 0 Å². The number of hydrogen-bond acceptors (Lipinski definition) is 2. The van der Waals surface area contributed by atoms with Crippen molar-refractivity contribution in [3.63, 3.8) is 0 Å². The third-order valence-electron chi connectivity index (χ3n) is 4.68. The molecule has 1 heterocycles. The van der Waals surface area contributed by atoms with E-state index in [0.29, 0.717) is 39.1 Å². The summed E-state index contributed by atoms with van der Waals surface area (Å²) in [4.78, 5) is 28.4. The molecule has 2 aromatic rings. The number of amides is 3. The maximum Gasteiger partial charge on any atom is 0.317 e. The summed E-state index contributed by atoms with van der Waals surface area (Å²) < 4.78 is 0. The zero-order chi connectivity index (χ0) is 18.4. The van der Waals surface area contributed by atoms with Crippen LogP contribution in [-0.4, -0.2) is 47.9 Å². The number of aryl methyl sites for hydroxylation is 1. The molecule has 1 aliphatic heterocycles. The van der Waals surface area contributed by atoms with E-state index in [9.17, 15) is 9.59 Å². The highest BCUT2D eigenvalue weighted by Crippen LogP contribution is 2.09. The Morgan fingerprint density at radius 3 is 2.12 bits per heavy atom. The smallest absolute Gasteiger partial charge is 0.317 e. The Bertz CT molecular complexity index is 736. The third-order valence-corrected chi connectivity index (χ3v) is 4.68. The molecule has 5 heteroatoms. The van der Waals surface area contributed by atoms with Gasteiger partial charge < -0.3 is 15.1 Å². The SMILES string of the molecule is Cc1ccc(CC(=O)N2CCN(C(=O)NCc3ccccc3)CC2)cc1. The van der Waals surface area contributed by atoms with Crippen LogP contribution in [0.3, 0.4) is 0 Å². The number of hydrogen-bond donors (Lipinski definition) is 1. The molecular weight excluding hydrogens is 326 g/mol. The van der Waals surface area contributed by atoms with Gasteiger partial charge in [-0.3, -0.25) is 4.79 Å². The maximum atomic E-state index is 12.4. The number of carbonyl (C=O) groups excluding carboxylic acids is 2. The fraction of sp³-hybridized carbons (Fsp3) is 0.333. The second-order valence-corrected chi connectivity index (χ2v) is 6.67. The number of benzene rings is 2. The number of piperazine rings is 1. The maximum absolute atomic E-state index is 12.4. The van der Waals surface area contributed by atoms with E-state index in [1.54, 1.807) is 4.90 Å². The first kappa shape index (κ1) is 18.0. The Morgan fingerprint density at radius 1 is 0.846 bits per heavy atom. The number of carbonyl (C=O) groups is 2. The molecule has 3 amide bonds. The van der Waals surface area contributed by atoms with Crippen LogP contribution in [0.2, 0.25) is 0 Å². The summed E-state index contributed by atoms with van der Waals surface area (Å²) in [5.74, 6) is 0.123. The first-order chi connectivity index (χ1) is 12.6. The summed E-state index contributed by atoms with van der Waals surface area (Å²) in [6.07, 6.45) is 0.417. The van der Waals surface area contributed by atoms with Crippen LogP contribution in [0.4, 0.5) is 4.79 Å². The largest absolute Gasteiger partial charge is 0.339 e. The summed E-state index contributed by atoms with van der Waals surface area (Å²) in [6, 6.07) is 17.8. The number of nitrogens with one attached hydrogen (secondary N) is 1.